The molecule has 2 rings (SSSR count). The topological polar surface area (TPSA) is 53.1 Å². The van der Waals surface area contributed by atoms with Crippen LogP contribution in [0.1, 0.15) is 44.3 Å². The van der Waals surface area contributed by atoms with E-state index < -0.39 is 0 Å². The second kappa shape index (κ2) is 8.50. The van der Waals surface area contributed by atoms with Gasteiger partial charge in [-0.3, -0.25) is 4.68 Å². The largest absolute Gasteiger partial charge is 0.500 e. The van der Waals surface area contributed by atoms with Crippen LogP contribution < -0.4 is 5.73 Å². The lowest BCUT2D eigenvalue weighted by atomic mass is 10.0. The molecule has 1 aromatic rings. The summed E-state index contributed by atoms with van der Waals surface area (Å²) < 4.78 is 8.38. The fraction of sp³-hybridized carbons (Fsp3) is 0.500. The molecule has 126 valence electrons. The zero-order valence-corrected chi connectivity index (χ0v) is 15.6. The number of allylic oxidation sites excluding steroid dienone is 3. The molecule has 1 aliphatic carbocycles. The zero-order valence-electron chi connectivity index (χ0n) is 14.0. The fourth-order valence-electron chi connectivity index (χ4n) is 2.92. The van der Waals surface area contributed by atoms with Crippen LogP contribution in [0.15, 0.2) is 46.3 Å². The van der Waals surface area contributed by atoms with Gasteiger partial charge in [0.15, 0.2) is 0 Å². The first kappa shape index (κ1) is 18.0. The molecule has 2 N–H and O–H groups in total. The molecular formula is C18H26BrN3O. The molecule has 0 radical (unpaired) electrons. The highest BCUT2D eigenvalue weighted by molar-refractivity contribution is 9.11. The van der Waals surface area contributed by atoms with Crippen LogP contribution in [0, 0.1) is 0 Å². The van der Waals surface area contributed by atoms with Crippen LogP contribution in [-0.4, -0.2) is 23.4 Å². The van der Waals surface area contributed by atoms with Crippen molar-refractivity contribution < 1.29 is 4.74 Å². The van der Waals surface area contributed by atoms with Gasteiger partial charge in [0.25, 0.3) is 0 Å². The Hall–Kier alpha value is -1.33. The Labute approximate surface area is 147 Å². The average Bonchev–Trinajstić information content (AvgIpc) is 3.23. The molecule has 0 saturated heterocycles. The summed E-state index contributed by atoms with van der Waals surface area (Å²) in [5.74, 6) is 0.830. The number of ether oxygens (including phenoxy) is 1. The Balaban J connectivity index is 2.27. The minimum absolute atomic E-state index is 0.440. The molecule has 0 bridgehead atoms. The highest BCUT2D eigenvalue weighted by Crippen LogP contribution is 2.31. The summed E-state index contributed by atoms with van der Waals surface area (Å²) in [6.45, 7) is 6.48. The van der Waals surface area contributed by atoms with Crippen molar-refractivity contribution in [3.63, 3.8) is 0 Å². The molecule has 0 atom stereocenters. The quantitative estimate of drug-likeness (QED) is 0.568. The van der Waals surface area contributed by atoms with Crippen molar-refractivity contribution in [1.82, 2.24) is 9.78 Å². The number of hydrogen-bond donors (Lipinski definition) is 1. The molecule has 4 nitrogen and oxygen atoms in total. The fourth-order valence-corrected chi connectivity index (χ4v) is 3.35. The maximum Gasteiger partial charge on any atom is 0.107 e. The number of nitrogens with two attached hydrogens (primary N) is 1. The van der Waals surface area contributed by atoms with Crippen molar-refractivity contribution in [2.75, 3.05) is 13.7 Å². The van der Waals surface area contributed by atoms with Gasteiger partial charge in [0.2, 0.25) is 0 Å². The lowest BCUT2D eigenvalue weighted by molar-refractivity contribution is 0.293. The van der Waals surface area contributed by atoms with Crippen molar-refractivity contribution in [3.05, 3.63) is 52.0 Å². The van der Waals surface area contributed by atoms with Gasteiger partial charge in [-0.05, 0) is 59.0 Å². The van der Waals surface area contributed by atoms with Crippen LogP contribution in [0.3, 0.4) is 0 Å². The van der Waals surface area contributed by atoms with Gasteiger partial charge in [-0.1, -0.05) is 19.4 Å². The van der Waals surface area contributed by atoms with E-state index in [0.29, 0.717) is 12.6 Å². The zero-order chi connectivity index (χ0) is 16.8. The van der Waals surface area contributed by atoms with Crippen molar-refractivity contribution in [2.24, 2.45) is 5.73 Å². The molecule has 1 saturated carbocycles. The number of halogens is 1. The third-order valence-electron chi connectivity index (χ3n) is 4.44. The van der Waals surface area contributed by atoms with Crippen LogP contribution in [-0.2, 0) is 11.2 Å². The molecule has 1 aromatic heterocycles. The molecule has 1 heterocycles. The highest BCUT2D eigenvalue weighted by atomic mass is 79.9. The Morgan fingerprint density at radius 2 is 2.22 bits per heavy atom. The van der Waals surface area contributed by atoms with E-state index in [1.807, 2.05) is 13.1 Å². The van der Waals surface area contributed by atoms with E-state index in [1.165, 1.54) is 31.4 Å². The molecular weight excluding hydrogens is 354 g/mol. The second-order valence-electron chi connectivity index (χ2n) is 5.97. The van der Waals surface area contributed by atoms with Gasteiger partial charge in [-0.25, -0.2) is 0 Å². The summed E-state index contributed by atoms with van der Waals surface area (Å²) in [5, 5.41) is 4.55. The molecule has 0 aromatic carbocycles. The number of rotatable bonds is 7. The summed E-state index contributed by atoms with van der Waals surface area (Å²) in [6.07, 6.45) is 9.75. The minimum Gasteiger partial charge on any atom is -0.500 e. The average molecular weight is 380 g/mol. The molecule has 0 aliphatic heterocycles. The van der Waals surface area contributed by atoms with Gasteiger partial charge in [-0.15, -0.1) is 0 Å². The van der Waals surface area contributed by atoms with Crippen LogP contribution in [0.2, 0.25) is 0 Å². The van der Waals surface area contributed by atoms with Crippen LogP contribution in [0.25, 0.3) is 0 Å². The Morgan fingerprint density at radius 3 is 2.83 bits per heavy atom. The third kappa shape index (κ3) is 4.58. The number of methoxy groups -OCH3 is 1. The molecule has 5 heteroatoms. The second-order valence-corrected chi connectivity index (χ2v) is 6.82. The van der Waals surface area contributed by atoms with Crippen LogP contribution >= 0.6 is 15.9 Å². The van der Waals surface area contributed by atoms with Crippen molar-refractivity contribution in [2.45, 2.75) is 45.1 Å². The minimum atomic E-state index is 0.440. The van der Waals surface area contributed by atoms with Crippen LogP contribution in [0.4, 0.5) is 0 Å². The van der Waals surface area contributed by atoms with E-state index in [1.54, 1.807) is 7.11 Å². The van der Waals surface area contributed by atoms with Gasteiger partial charge in [-0.2, -0.15) is 5.10 Å². The van der Waals surface area contributed by atoms with E-state index in [0.717, 1.165) is 27.8 Å². The Morgan fingerprint density at radius 1 is 1.52 bits per heavy atom. The predicted octanol–water partition coefficient (Wildman–Crippen LogP) is 4.25. The van der Waals surface area contributed by atoms with Crippen molar-refractivity contribution in [1.29, 1.82) is 0 Å². The smallest absolute Gasteiger partial charge is 0.107 e. The molecule has 1 fully saturated rings. The van der Waals surface area contributed by atoms with Gasteiger partial charge in [0.1, 0.15) is 5.76 Å². The van der Waals surface area contributed by atoms with Gasteiger partial charge in [0, 0.05) is 24.9 Å². The SMILES string of the molecule is C=C(CN)/C(=C\C(Br)=C(/C)OC)Cc1ccnn1C1CCCC1. The van der Waals surface area contributed by atoms with Gasteiger partial charge >= 0.3 is 0 Å². The third-order valence-corrected chi connectivity index (χ3v) is 5.23. The summed E-state index contributed by atoms with van der Waals surface area (Å²) in [6, 6.07) is 2.63. The lowest BCUT2D eigenvalue weighted by Crippen LogP contribution is -2.13. The predicted molar refractivity (Wildman–Crippen MR) is 98.3 cm³/mol. The summed E-state index contributed by atoms with van der Waals surface area (Å²) in [7, 11) is 1.66. The van der Waals surface area contributed by atoms with E-state index in [2.05, 4.69) is 44.4 Å². The molecule has 0 amide bonds. The van der Waals surface area contributed by atoms with E-state index in [4.69, 9.17) is 10.5 Å². The van der Waals surface area contributed by atoms with E-state index in [9.17, 15) is 0 Å². The lowest BCUT2D eigenvalue weighted by Gasteiger charge is -2.16. The summed E-state index contributed by atoms with van der Waals surface area (Å²) in [5.41, 5.74) is 9.08. The monoisotopic (exact) mass is 379 g/mol. The first-order valence-electron chi connectivity index (χ1n) is 8.08. The van der Waals surface area contributed by atoms with Crippen molar-refractivity contribution >= 4 is 15.9 Å². The number of hydrogen-bond acceptors (Lipinski definition) is 3. The van der Waals surface area contributed by atoms with Gasteiger partial charge < -0.3 is 10.5 Å². The first-order valence-corrected chi connectivity index (χ1v) is 8.87. The molecule has 0 spiro atoms. The van der Waals surface area contributed by atoms with Gasteiger partial charge in [0.05, 0.1) is 17.6 Å². The molecule has 1 aliphatic rings. The maximum absolute atomic E-state index is 5.82. The van der Waals surface area contributed by atoms with E-state index >= 15 is 0 Å². The Bertz CT molecular complexity index is 610. The highest BCUT2D eigenvalue weighted by Gasteiger charge is 2.20. The maximum atomic E-state index is 5.82. The molecule has 23 heavy (non-hydrogen) atoms. The standard InChI is InChI=1S/C18H26BrN3O/c1-13(12-20)15(11-18(19)14(2)23-3)10-17-8-9-21-22(17)16-6-4-5-7-16/h8-9,11,16H,1,4-7,10,12,20H2,2-3H3/b15-11-,18-14-. The number of aromatic nitrogens is 2. The summed E-state index contributed by atoms with van der Waals surface area (Å²) in [4.78, 5) is 0. The van der Waals surface area contributed by atoms with Crippen molar-refractivity contribution in [3.8, 4) is 0 Å². The summed E-state index contributed by atoms with van der Waals surface area (Å²) >= 11 is 3.56. The normalized spacial score (nSPS) is 17.3. The molecule has 0 unspecified atom stereocenters. The first-order chi connectivity index (χ1) is 11.1. The van der Waals surface area contributed by atoms with E-state index in [-0.39, 0.29) is 0 Å². The van der Waals surface area contributed by atoms with Crippen LogP contribution in [0.5, 0.6) is 0 Å². The Kier molecular flexibility index (Phi) is 6.66. The number of nitrogens with zero attached hydrogens (tertiary/aromatic N) is 2.